The molecule has 4 nitrogen and oxygen atoms in total. The maximum Gasteiger partial charge on any atom is 0.389 e. The second kappa shape index (κ2) is 7.02. The largest absolute Gasteiger partial charge is 0.494 e. The number of ether oxygens (including phenoxy) is 1. The van der Waals surface area contributed by atoms with Gasteiger partial charge in [-0.2, -0.15) is 13.2 Å². The summed E-state index contributed by atoms with van der Waals surface area (Å²) in [4.78, 5) is 8.67. The minimum absolute atomic E-state index is 0.162. The number of alkyl halides is 3. The molecule has 0 N–H and O–H groups in total. The van der Waals surface area contributed by atoms with Crippen LogP contribution in [-0.2, 0) is 19.3 Å². The highest BCUT2D eigenvalue weighted by Crippen LogP contribution is 2.27. The van der Waals surface area contributed by atoms with Crippen molar-refractivity contribution in [2.75, 3.05) is 7.11 Å². The second-order valence-corrected chi connectivity index (χ2v) is 5.19. The summed E-state index contributed by atoms with van der Waals surface area (Å²) in [5.74, 6) is 1.36. The van der Waals surface area contributed by atoms with E-state index in [4.69, 9.17) is 4.74 Å². The fraction of sp³-hybridized carbons (Fsp3) is 0.500. The molecule has 23 heavy (non-hydrogen) atoms. The van der Waals surface area contributed by atoms with Crippen molar-refractivity contribution in [2.45, 2.75) is 45.7 Å². The van der Waals surface area contributed by atoms with Gasteiger partial charge in [-0.05, 0) is 12.8 Å². The molecule has 0 unspecified atom stereocenters. The Labute approximate surface area is 133 Å². The smallest absolute Gasteiger partial charge is 0.389 e. The van der Waals surface area contributed by atoms with E-state index < -0.39 is 12.6 Å². The summed E-state index contributed by atoms with van der Waals surface area (Å²) >= 11 is 0. The van der Waals surface area contributed by atoms with Crippen molar-refractivity contribution < 1.29 is 17.9 Å². The summed E-state index contributed by atoms with van der Waals surface area (Å²) < 4.78 is 44.2. The highest BCUT2D eigenvalue weighted by molar-refractivity contribution is 5.47. The molecule has 2 aromatic heterocycles. The molecule has 7 heteroatoms. The van der Waals surface area contributed by atoms with E-state index in [0.717, 1.165) is 24.4 Å². The van der Waals surface area contributed by atoms with Gasteiger partial charge in [-0.1, -0.05) is 13.8 Å². The van der Waals surface area contributed by atoms with Gasteiger partial charge in [0.2, 0.25) is 0 Å². The van der Waals surface area contributed by atoms with Crippen LogP contribution in [0.1, 0.15) is 37.5 Å². The first-order valence-corrected chi connectivity index (χ1v) is 7.55. The predicted octanol–water partition coefficient (Wildman–Crippen LogP) is 3.90. The van der Waals surface area contributed by atoms with Gasteiger partial charge in [0.15, 0.2) is 0 Å². The van der Waals surface area contributed by atoms with Crippen molar-refractivity contribution in [3.05, 3.63) is 35.7 Å². The maximum atomic E-state index is 12.3. The number of hydrogen-bond acceptors (Lipinski definition) is 3. The Morgan fingerprint density at radius 1 is 1.17 bits per heavy atom. The number of nitrogens with zero attached hydrogens (tertiary/aromatic N) is 3. The summed E-state index contributed by atoms with van der Waals surface area (Å²) in [6.07, 6.45) is -0.251. The minimum atomic E-state index is -4.19. The van der Waals surface area contributed by atoms with Crippen LogP contribution >= 0.6 is 0 Å². The Morgan fingerprint density at radius 2 is 1.91 bits per heavy atom. The summed E-state index contributed by atoms with van der Waals surface area (Å²) in [6.45, 7) is 4.01. The predicted molar refractivity (Wildman–Crippen MR) is 81.0 cm³/mol. The first kappa shape index (κ1) is 17.3. The monoisotopic (exact) mass is 327 g/mol. The molecule has 0 spiro atoms. The number of aromatic nitrogens is 3. The summed E-state index contributed by atoms with van der Waals surface area (Å²) in [5, 5.41) is 0. The number of halogens is 3. The highest BCUT2D eigenvalue weighted by Gasteiger charge is 2.27. The third kappa shape index (κ3) is 4.24. The lowest BCUT2D eigenvalue weighted by atomic mass is 10.2. The number of pyridine rings is 1. The molecule has 0 fully saturated rings. The third-order valence-corrected chi connectivity index (χ3v) is 3.55. The normalized spacial score (nSPS) is 11.7. The average molecular weight is 327 g/mol. The molecule has 126 valence electrons. The van der Waals surface area contributed by atoms with E-state index in [2.05, 4.69) is 9.97 Å². The van der Waals surface area contributed by atoms with Crippen LogP contribution in [0.25, 0.3) is 5.69 Å². The second-order valence-electron chi connectivity index (χ2n) is 5.19. The molecular weight excluding hydrogens is 307 g/mol. The Bertz CT molecular complexity index is 665. The topological polar surface area (TPSA) is 39.9 Å². The molecule has 0 aliphatic heterocycles. The fourth-order valence-electron chi connectivity index (χ4n) is 2.32. The number of rotatable bonds is 6. The van der Waals surface area contributed by atoms with Gasteiger partial charge in [0.25, 0.3) is 0 Å². The van der Waals surface area contributed by atoms with Gasteiger partial charge >= 0.3 is 6.18 Å². The van der Waals surface area contributed by atoms with Crippen molar-refractivity contribution in [1.82, 2.24) is 14.5 Å². The molecule has 0 radical (unpaired) electrons. The van der Waals surface area contributed by atoms with Crippen LogP contribution in [0.2, 0.25) is 0 Å². The van der Waals surface area contributed by atoms with Gasteiger partial charge < -0.3 is 4.74 Å². The van der Waals surface area contributed by atoms with Gasteiger partial charge in [0, 0.05) is 30.8 Å². The van der Waals surface area contributed by atoms with Gasteiger partial charge in [0.05, 0.1) is 19.0 Å². The van der Waals surface area contributed by atoms with Crippen LogP contribution in [0, 0.1) is 0 Å². The Kier molecular flexibility index (Phi) is 5.28. The molecule has 2 heterocycles. The van der Waals surface area contributed by atoms with E-state index in [0.29, 0.717) is 17.1 Å². The van der Waals surface area contributed by atoms with E-state index in [1.807, 2.05) is 24.6 Å². The van der Waals surface area contributed by atoms with E-state index in [1.165, 1.54) is 7.11 Å². The van der Waals surface area contributed by atoms with E-state index >= 15 is 0 Å². The van der Waals surface area contributed by atoms with E-state index in [9.17, 15) is 13.2 Å². The summed E-state index contributed by atoms with van der Waals surface area (Å²) in [7, 11) is 1.50. The first-order chi connectivity index (χ1) is 10.9. The van der Waals surface area contributed by atoms with E-state index in [1.54, 1.807) is 12.3 Å². The third-order valence-electron chi connectivity index (χ3n) is 3.55. The Morgan fingerprint density at radius 3 is 2.48 bits per heavy atom. The number of methoxy groups -OCH3 is 1. The van der Waals surface area contributed by atoms with Gasteiger partial charge in [-0.15, -0.1) is 0 Å². The number of imidazole rings is 1. The van der Waals surface area contributed by atoms with Crippen molar-refractivity contribution in [2.24, 2.45) is 0 Å². The van der Waals surface area contributed by atoms with Gasteiger partial charge in [-0.25, -0.2) is 4.98 Å². The molecular formula is C16H20F3N3O. The molecule has 0 bridgehead atoms. The molecule has 2 aromatic rings. The van der Waals surface area contributed by atoms with Crippen molar-refractivity contribution in [3.8, 4) is 11.4 Å². The van der Waals surface area contributed by atoms with Crippen LogP contribution in [0.15, 0.2) is 18.5 Å². The quantitative estimate of drug-likeness (QED) is 0.808. The summed E-state index contributed by atoms with van der Waals surface area (Å²) in [5.41, 5.74) is 1.99. The zero-order valence-electron chi connectivity index (χ0n) is 13.4. The Balaban J connectivity index is 2.35. The van der Waals surface area contributed by atoms with Gasteiger partial charge in [-0.3, -0.25) is 9.55 Å². The minimum Gasteiger partial charge on any atom is -0.494 e. The number of aryl methyl sites for hydroxylation is 3. The molecule has 0 aliphatic carbocycles. The average Bonchev–Trinajstić information content (AvgIpc) is 2.95. The standard InChI is InChI=1S/C16H20F3N3O/c1-4-11-10-22(15(5-2)21-11)13-9-20-12(8-14(13)23-3)6-7-16(17,18)19/h8-10H,4-7H2,1-3H3. The SMILES string of the molecule is CCc1cn(-c2cnc(CCC(F)(F)F)cc2OC)c(CC)n1. The zero-order valence-corrected chi connectivity index (χ0v) is 13.4. The summed E-state index contributed by atoms with van der Waals surface area (Å²) in [6, 6.07) is 1.56. The molecule has 0 aromatic carbocycles. The van der Waals surface area contributed by atoms with Crippen LogP contribution in [-0.4, -0.2) is 27.8 Å². The molecule has 0 saturated carbocycles. The zero-order chi connectivity index (χ0) is 17.0. The molecule has 0 atom stereocenters. The van der Waals surface area contributed by atoms with Crippen LogP contribution < -0.4 is 4.74 Å². The lowest BCUT2D eigenvalue weighted by Crippen LogP contribution is -2.10. The first-order valence-electron chi connectivity index (χ1n) is 7.55. The molecule has 0 amide bonds. The lowest BCUT2D eigenvalue weighted by molar-refractivity contribution is -0.134. The van der Waals surface area contributed by atoms with Crippen molar-refractivity contribution in [3.63, 3.8) is 0 Å². The van der Waals surface area contributed by atoms with Crippen LogP contribution in [0.4, 0.5) is 13.2 Å². The van der Waals surface area contributed by atoms with Crippen molar-refractivity contribution >= 4 is 0 Å². The molecule has 0 saturated heterocycles. The van der Waals surface area contributed by atoms with Gasteiger partial charge in [0.1, 0.15) is 17.3 Å². The number of hydrogen-bond donors (Lipinski definition) is 0. The maximum absolute atomic E-state index is 12.3. The Hall–Kier alpha value is -2.05. The lowest BCUT2D eigenvalue weighted by Gasteiger charge is -2.13. The van der Waals surface area contributed by atoms with Crippen LogP contribution in [0.3, 0.4) is 0 Å². The molecule has 2 rings (SSSR count). The fourth-order valence-corrected chi connectivity index (χ4v) is 2.32. The van der Waals surface area contributed by atoms with Crippen LogP contribution in [0.5, 0.6) is 5.75 Å². The van der Waals surface area contributed by atoms with Crippen molar-refractivity contribution in [1.29, 1.82) is 0 Å². The van der Waals surface area contributed by atoms with E-state index in [-0.39, 0.29) is 6.42 Å². The molecule has 0 aliphatic rings. The highest BCUT2D eigenvalue weighted by atomic mass is 19.4.